The average molecular weight is 168 g/mol. The Morgan fingerprint density at radius 3 is 2.18 bits per heavy atom. The van der Waals surface area contributed by atoms with E-state index in [0.717, 1.165) is 7.05 Å². The van der Waals surface area contributed by atoms with E-state index in [1.54, 1.807) is 0 Å². The largest absolute Gasteiger partial charge is 0.433 e. The van der Waals surface area contributed by atoms with Gasteiger partial charge in [-0.25, -0.2) is 0 Å². The Balaban J connectivity index is 3.13. The third-order valence-electron chi connectivity index (χ3n) is 1.14. The molecule has 1 aromatic heterocycles. The Morgan fingerprint density at radius 2 is 2.00 bits per heavy atom. The molecule has 0 radical (unpaired) electrons. The van der Waals surface area contributed by atoms with E-state index in [-0.39, 0.29) is 0 Å². The van der Waals surface area contributed by atoms with Gasteiger partial charge in [0.05, 0.1) is 0 Å². The molecule has 0 unspecified atom stereocenters. The second kappa shape index (κ2) is 2.21. The van der Waals surface area contributed by atoms with Gasteiger partial charge in [0.15, 0.2) is 0 Å². The molecule has 0 atom stereocenters. The zero-order chi connectivity index (χ0) is 8.65. The summed E-state index contributed by atoms with van der Waals surface area (Å²) in [5, 5.41) is 2.91. The fraction of sp³-hybridized carbons (Fsp3) is 0.400. The summed E-state index contributed by atoms with van der Waals surface area (Å²) in [5.41, 5.74) is -1.09. The van der Waals surface area contributed by atoms with E-state index in [1.165, 1.54) is 0 Å². The van der Waals surface area contributed by atoms with Gasteiger partial charge in [0, 0.05) is 13.1 Å². The molecule has 0 spiro atoms. The number of hydrogen-bond acceptors (Lipinski definition) is 1. The van der Waals surface area contributed by atoms with E-state index in [4.69, 9.17) is 0 Å². The molecule has 0 amide bonds. The lowest BCUT2D eigenvalue weighted by Crippen LogP contribution is -2.11. The minimum absolute atomic E-state index is 0.347. The average Bonchev–Trinajstić information content (AvgIpc) is 2.08. The third kappa shape index (κ3) is 1.50. The van der Waals surface area contributed by atoms with Gasteiger partial charge >= 0.3 is 6.18 Å². The first kappa shape index (κ1) is 8.03. The SMILES string of the molecule is Cn1nc(F)cc1C(F)(F)F. The first-order valence-corrected chi connectivity index (χ1v) is 2.68. The second-order valence-electron chi connectivity index (χ2n) is 1.97. The molecule has 0 bridgehead atoms. The maximum Gasteiger partial charge on any atom is 0.433 e. The van der Waals surface area contributed by atoms with E-state index in [0.29, 0.717) is 10.7 Å². The molecule has 11 heavy (non-hydrogen) atoms. The van der Waals surface area contributed by atoms with Crippen LogP contribution in [0.25, 0.3) is 0 Å². The molecular weight excluding hydrogens is 164 g/mol. The summed E-state index contributed by atoms with van der Waals surface area (Å²) in [6, 6.07) is 0.347. The van der Waals surface area contributed by atoms with Crippen LogP contribution in [0.2, 0.25) is 0 Å². The molecule has 0 saturated heterocycles. The highest BCUT2D eigenvalue weighted by molar-refractivity contribution is 5.05. The third-order valence-corrected chi connectivity index (χ3v) is 1.14. The summed E-state index contributed by atoms with van der Waals surface area (Å²) < 4.78 is 48.0. The van der Waals surface area contributed by atoms with Crippen LogP contribution >= 0.6 is 0 Å². The Bertz CT molecular complexity index is 262. The number of aromatic nitrogens is 2. The maximum absolute atomic E-state index is 12.1. The van der Waals surface area contributed by atoms with Gasteiger partial charge < -0.3 is 0 Å². The molecule has 2 nitrogen and oxygen atoms in total. The molecule has 0 aliphatic rings. The summed E-state index contributed by atoms with van der Waals surface area (Å²) >= 11 is 0. The topological polar surface area (TPSA) is 17.8 Å². The molecule has 0 aliphatic heterocycles. The Labute approximate surface area is 59.4 Å². The zero-order valence-electron chi connectivity index (χ0n) is 5.48. The fourth-order valence-electron chi connectivity index (χ4n) is 0.698. The van der Waals surface area contributed by atoms with Crippen molar-refractivity contribution in [1.29, 1.82) is 0 Å². The van der Waals surface area contributed by atoms with Crippen LogP contribution < -0.4 is 0 Å². The summed E-state index contributed by atoms with van der Waals surface area (Å²) in [4.78, 5) is 0. The van der Waals surface area contributed by atoms with Crippen LogP contribution in [0.5, 0.6) is 0 Å². The molecule has 1 heterocycles. The van der Waals surface area contributed by atoms with Crippen molar-refractivity contribution in [3.05, 3.63) is 17.7 Å². The minimum Gasteiger partial charge on any atom is -0.261 e. The lowest BCUT2D eigenvalue weighted by atomic mass is 10.4. The van der Waals surface area contributed by atoms with E-state index >= 15 is 0 Å². The molecule has 0 aliphatic carbocycles. The predicted octanol–water partition coefficient (Wildman–Crippen LogP) is 1.58. The van der Waals surface area contributed by atoms with Crippen molar-refractivity contribution in [1.82, 2.24) is 9.78 Å². The van der Waals surface area contributed by atoms with Crippen molar-refractivity contribution < 1.29 is 17.6 Å². The van der Waals surface area contributed by atoms with Crippen LogP contribution in [0.15, 0.2) is 6.07 Å². The lowest BCUT2D eigenvalue weighted by molar-refractivity contribution is -0.143. The van der Waals surface area contributed by atoms with Crippen molar-refractivity contribution in [2.45, 2.75) is 6.18 Å². The summed E-state index contributed by atoms with van der Waals surface area (Å²) in [5.74, 6) is -1.13. The van der Waals surface area contributed by atoms with Gasteiger partial charge in [0.1, 0.15) is 5.69 Å². The fourth-order valence-corrected chi connectivity index (χ4v) is 0.698. The standard InChI is InChI=1S/C5H4F4N2/c1-11-3(5(7,8)9)2-4(6)10-11/h2H,1H3. The number of alkyl halides is 3. The van der Waals surface area contributed by atoms with E-state index in [2.05, 4.69) is 5.10 Å². The number of aryl methyl sites for hydroxylation is 1. The van der Waals surface area contributed by atoms with Crippen LogP contribution in [0.1, 0.15) is 5.69 Å². The predicted molar refractivity (Wildman–Crippen MR) is 28.2 cm³/mol. The Hall–Kier alpha value is -1.07. The van der Waals surface area contributed by atoms with Crippen molar-refractivity contribution in [3.8, 4) is 0 Å². The zero-order valence-corrected chi connectivity index (χ0v) is 5.48. The Morgan fingerprint density at radius 1 is 1.45 bits per heavy atom. The number of rotatable bonds is 0. The maximum atomic E-state index is 12.1. The van der Waals surface area contributed by atoms with Crippen molar-refractivity contribution in [3.63, 3.8) is 0 Å². The molecule has 0 saturated carbocycles. The molecule has 6 heteroatoms. The molecule has 0 fully saturated rings. The summed E-state index contributed by atoms with van der Waals surface area (Å²) in [7, 11) is 1.03. The van der Waals surface area contributed by atoms with Gasteiger partial charge in [0.25, 0.3) is 0 Å². The summed E-state index contributed by atoms with van der Waals surface area (Å²) in [6.45, 7) is 0. The number of halogens is 4. The van der Waals surface area contributed by atoms with E-state index in [1.807, 2.05) is 0 Å². The quantitative estimate of drug-likeness (QED) is 0.537. The van der Waals surface area contributed by atoms with Gasteiger partial charge in [-0.3, -0.25) is 4.68 Å². The van der Waals surface area contributed by atoms with Gasteiger partial charge in [-0.15, -0.1) is 5.10 Å². The van der Waals surface area contributed by atoms with Crippen LogP contribution in [0.4, 0.5) is 17.6 Å². The van der Waals surface area contributed by atoms with Crippen LogP contribution in [0, 0.1) is 5.95 Å². The molecular formula is C5H4F4N2. The van der Waals surface area contributed by atoms with E-state index in [9.17, 15) is 17.6 Å². The van der Waals surface area contributed by atoms with Crippen molar-refractivity contribution >= 4 is 0 Å². The van der Waals surface area contributed by atoms with Gasteiger partial charge in [-0.1, -0.05) is 0 Å². The first-order chi connectivity index (χ1) is 4.91. The molecule has 62 valence electrons. The van der Waals surface area contributed by atoms with Crippen LogP contribution in [-0.4, -0.2) is 9.78 Å². The van der Waals surface area contributed by atoms with Crippen LogP contribution in [-0.2, 0) is 13.2 Å². The number of hydrogen-bond donors (Lipinski definition) is 0. The van der Waals surface area contributed by atoms with Crippen molar-refractivity contribution in [2.24, 2.45) is 7.05 Å². The molecule has 1 rings (SSSR count). The van der Waals surface area contributed by atoms with Crippen LogP contribution in [0.3, 0.4) is 0 Å². The molecule has 1 aromatic rings. The smallest absolute Gasteiger partial charge is 0.261 e. The lowest BCUT2D eigenvalue weighted by Gasteiger charge is -2.04. The summed E-state index contributed by atoms with van der Waals surface area (Å²) in [6.07, 6.45) is -4.54. The van der Waals surface area contributed by atoms with Gasteiger partial charge in [-0.05, 0) is 0 Å². The van der Waals surface area contributed by atoms with Crippen molar-refractivity contribution in [2.75, 3.05) is 0 Å². The molecule has 0 N–H and O–H groups in total. The van der Waals surface area contributed by atoms with E-state index < -0.39 is 17.8 Å². The first-order valence-electron chi connectivity index (χ1n) is 2.68. The Kier molecular flexibility index (Phi) is 1.62. The normalized spacial score (nSPS) is 12.1. The second-order valence-corrected chi connectivity index (χ2v) is 1.97. The highest BCUT2D eigenvalue weighted by Crippen LogP contribution is 2.28. The minimum atomic E-state index is -4.54. The van der Waals surface area contributed by atoms with Gasteiger partial charge in [0.2, 0.25) is 5.95 Å². The highest BCUT2D eigenvalue weighted by Gasteiger charge is 2.34. The number of nitrogens with zero attached hydrogens (tertiary/aromatic N) is 2. The molecule has 0 aromatic carbocycles. The van der Waals surface area contributed by atoms with Gasteiger partial charge in [-0.2, -0.15) is 17.6 Å². The highest BCUT2D eigenvalue weighted by atomic mass is 19.4. The monoisotopic (exact) mass is 168 g/mol.